The predicted molar refractivity (Wildman–Crippen MR) is 73.8 cm³/mol. The summed E-state index contributed by atoms with van der Waals surface area (Å²) in [5.41, 5.74) is 0. The standard InChI is InChI=1S/C12H23N3O3S/c1-14-4-6-15(7-5-14)12(16)9-13-11-3-2-8-19(17,18)10-11/h11,13H,2-10H2,1H3. The molecule has 6 nitrogen and oxygen atoms in total. The third kappa shape index (κ3) is 4.43. The first-order valence-electron chi connectivity index (χ1n) is 6.86. The number of carbonyl (C=O) groups excluding carboxylic acids is 1. The van der Waals surface area contributed by atoms with Crippen LogP contribution in [0.4, 0.5) is 0 Å². The number of hydrogen-bond donors (Lipinski definition) is 1. The summed E-state index contributed by atoms with van der Waals surface area (Å²) < 4.78 is 23.0. The first-order valence-corrected chi connectivity index (χ1v) is 8.68. The van der Waals surface area contributed by atoms with E-state index in [1.807, 2.05) is 11.9 Å². The summed E-state index contributed by atoms with van der Waals surface area (Å²) >= 11 is 0. The molecule has 2 aliphatic rings. The minimum atomic E-state index is -2.91. The molecule has 2 aliphatic heterocycles. The maximum absolute atomic E-state index is 12.0. The summed E-state index contributed by atoms with van der Waals surface area (Å²) in [4.78, 5) is 16.1. The Morgan fingerprint density at radius 2 is 1.95 bits per heavy atom. The summed E-state index contributed by atoms with van der Waals surface area (Å²) in [5, 5.41) is 3.10. The minimum Gasteiger partial charge on any atom is -0.339 e. The number of rotatable bonds is 3. The average Bonchev–Trinajstić information content (AvgIpc) is 2.36. The van der Waals surface area contributed by atoms with Crippen LogP contribution in [-0.4, -0.2) is 81.4 Å². The molecule has 1 unspecified atom stereocenters. The molecule has 0 bridgehead atoms. The van der Waals surface area contributed by atoms with Gasteiger partial charge in [0.1, 0.15) is 0 Å². The van der Waals surface area contributed by atoms with Crippen molar-refractivity contribution in [3.05, 3.63) is 0 Å². The third-order valence-electron chi connectivity index (χ3n) is 3.86. The van der Waals surface area contributed by atoms with E-state index in [2.05, 4.69) is 10.2 Å². The molecule has 2 fully saturated rings. The van der Waals surface area contributed by atoms with E-state index in [-0.39, 0.29) is 30.0 Å². The fourth-order valence-corrected chi connectivity index (χ4v) is 4.25. The smallest absolute Gasteiger partial charge is 0.236 e. The Hall–Kier alpha value is -0.660. The summed E-state index contributed by atoms with van der Waals surface area (Å²) in [5.74, 6) is 0.539. The maximum atomic E-state index is 12.0. The van der Waals surface area contributed by atoms with Crippen LogP contribution in [0.2, 0.25) is 0 Å². The SMILES string of the molecule is CN1CCN(C(=O)CNC2CCCS(=O)(=O)C2)CC1. The molecule has 2 heterocycles. The lowest BCUT2D eigenvalue weighted by molar-refractivity contribution is -0.131. The Morgan fingerprint density at radius 1 is 1.26 bits per heavy atom. The molecule has 2 saturated heterocycles. The van der Waals surface area contributed by atoms with Crippen molar-refractivity contribution in [1.29, 1.82) is 0 Å². The van der Waals surface area contributed by atoms with E-state index in [9.17, 15) is 13.2 Å². The van der Waals surface area contributed by atoms with Gasteiger partial charge in [-0.05, 0) is 19.9 Å². The van der Waals surface area contributed by atoms with Crippen LogP contribution in [0.15, 0.2) is 0 Å². The molecule has 0 aromatic heterocycles. The van der Waals surface area contributed by atoms with E-state index >= 15 is 0 Å². The van der Waals surface area contributed by atoms with E-state index in [0.717, 1.165) is 32.6 Å². The van der Waals surface area contributed by atoms with Crippen molar-refractivity contribution < 1.29 is 13.2 Å². The molecule has 0 aromatic rings. The first-order chi connectivity index (χ1) is 8.96. The van der Waals surface area contributed by atoms with Gasteiger partial charge < -0.3 is 15.1 Å². The molecule has 110 valence electrons. The van der Waals surface area contributed by atoms with Crippen LogP contribution < -0.4 is 5.32 Å². The Balaban J connectivity index is 1.74. The second-order valence-electron chi connectivity index (χ2n) is 5.52. The van der Waals surface area contributed by atoms with Crippen LogP contribution in [0.5, 0.6) is 0 Å². The third-order valence-corrected chi connectivity index (χ3v) is 5.68. The lowest BCUT2D eigenvalue weighted by atomic mass is 10.2. The highest BCUT2D eigenvalue weighted by Crippen LogP contribution is 2.11. The van der Waals surface area contributed by atoms with E-state index < -0.39 is 9.84 Å². The van der Waals surface area contributed by atoms with Gasteiger partial charge in [0.05, 0.1) is 18.1 Å². The van der Waals surface area contributed by atoms with Gasteiger partial charge in [0, 0.05) is 32.2 Å². The lowest BCUT2D eigenvalue weighted by Crippen LogP contribution is -2.51. The molecule has 0 spiro atoms. The summed E-state index contributed by atoms with van der Waals surface area (Å²) in [6.45, 7) is 3.59. The number of likely N-dealkylation sites (N-methyl/N-ethyl adjacent to an activating group) is 1. The van der Waals surface area contributed by atoms with Crippen LogP contribution in [0, 0.1) is 0 Å². The molecule has 2 rings (SSSR count). The largest absolute Gasteiger partial charge is 0.339 e. The Kier molecular flexibility index (Phi) is 4.81. The minimum absolute atomic E-state index is 0.0600. The van der Waals surface area contributed by atoms with Gasteiger partial charge in [0.2, 0.25) is 5.91 Å². The number of amides is 1. The van der Waals surface area contributed by atoms with Crippen LogP contribution in [0.1, 0.15) is 12.8 Å². The molecule has 0 aromatic carbocycles. The van der Waals surface area contributed by atoms with Crippen LogP contribution >= 0.6 is 0 Å². The number of piperazine rings is 1. The summed E-state index contributed by atoms with van der Waals surface area (Å²) in [7, 11) is -0.857. The second-order valence-corrected chi connectivity index (χ2v) is 7.75. The zero-order chi connectivity index (χ0) is 13.9. The molecule has 1 amide bonds. The molecule has 1 atom stereocenters. The van der Waals surface area contributed by atoms with E-state index in [1.54, 1.807) is 0 Å². The van der Waals surface area contributed by atoms with E-state index in [1.165, 1.54) is 0 Å². The summed E-state index contributed by atoms with van der Waals surface area (Å²) in [6, 6.07) is -0.0600. The Labute approximate surface area is 115 Å². The van der Waals surface area contributed by atoms with Crippen molar-refractivity contribution in [2.75, 3.05) is 51.3 Å². The van der Waals surface area contributed by atoms with Gasteiger partial charge in [-0.1, -0.05) is 0 Å². The quantitative estimate of drug-likeness (QED) is 0.716. The topological polar surface area (TPSA) is 69.7 Å². The predicted octanol–water partition coefficient (Wildman–Crippen LogP) is -1.07. The number of nitrogens with zero attached hydrogens (tertiary/aromatic N) is 2. The van der Waals surface area contributed by atoms with Gasteiger partial charge in [-0.15, -0.1) is 0 Å². The van der Waals surface area contributed by atoms with E-state index in [0.29, 0.717) is 6.42 Å². The van der Waals surface area contributed by atoms with Crippen LogP contribution in [0.3, 0.4) is 0 Å². The van der Waals surface area contributed by atoms with Crippen molar-refractivity contribution >= 4 is 15.7 Å². The van der Waals surface area contributed by atoms with E-state index in [4.69, 9.17) is 0 Å². The highest BCUT2D eigenvalue weighted by molar-refractivity contribution is 7.91. The van der Waals surface area contributed by atoms with Crippen molar-refractivity contribution in [3.63, 3.8) is 0 Å². The molecule has 19 heavy (non-hydrogen) atoms. The van der Waals surface area contributed by atoms with Crippen LogP contribution in [0.25, 0.3) is 0 Å². The highest BCUT2D eigenvalue weighted by Gasteiger charge is 2.26. The molecule has 0 radical (unpaired) electrons. The van der Waals surface area contributed by atoms with Gasteiger partial charge in [-0.2, -0.15) is 0 Å². The normalized spacial score (nSPS) is 28.3. The second kappa shape index (κ2) is 6.19. The van der Waals surface area contributed by atoms with Crippen molar-refractivity contribution in [3.8, 4) is 0 Å². The number of carbonyl (C=O) groups is 1. The Bertz CT molecular complexity index is 416. The molecular formula is C12H23N3O3S. The van der Waals surface area contributed by atoms with Crippen molar-refractivity contribution in [1.82, 2.24) is 15.1 Å². The zero-order valence-corrected chi connectivity index (χ0v) is 12.3. The van der Waals surface area contributed by atoms with Crippen molar-refractivity contribution in [2.45, 2.75) is 18.9 Å². The Morgan fingerprint density at radius 3 is 2.58 bits per heavy atom. The average molecular weight is 289 g/mol. The number of sulfone groups is 1. The van der Waals surface area contributed by atoms with Gasteiger partial charge in [0.15, 0.2) is 9.84 Å². The lowest BCUT2D eigenvalue weighted by Gasteiger charge is -2.33. The monoisotopic (exact) mass is 289 g/mol. The zero-order valence-electron chi connectivity index (χ0n) is 11.5. The molecule has 0 aliphatic carbocycles. The highest BCUT2D eigenvalue weighted by atomic mass is 32.2. The van der Waals surface area contributed by atoms with Gasteiger partial charge >= 0.3 is 0 Å². The fraction of sp³-hybridized carbons (Fsp3) is 0.917. The first kappa shape index (κ1) is 14.7. The molecule has 7 heteroatoms. The van der Waals surface area contributed by atoms with Crippen molar-refractivity contribution in [2.24, 2.45) is 0 Å². The number of nitrogens with one attached hydrogen (secondary N) is 1. The van der Waals surface area contributed by atoms with Gasteiger partial charge in [-0.25, -0.2) is 8.42 Å². The molecular weight excluding hydrogens is 266 g/mol. The van der Waals surface area contributed by atoms with Gasteiger partial charge in [-0.3, -0.25) is 4.79 Å². The summed E-state index contributed by atoms with van der Waals surface area (Å²) in [6.07, 6.45) is 1.54. The van der Waals surface area contributed by atoms with Crippen LogP contribution in [-0.2, 0) is 14.6 Å². The maximum Gasteiger partial charge on any atom is 0.236 e. The molecule has 0 saturated carbocycles. The molecule has 1 N–H and O–H groups in total. The number of hydrogen-bond acceptors (Lipinski definition) is 5. The fourth-order valence-electron chi connectivity index (χ4n) is 2.58. The van der Waals surface area contributed by atoms with Gasteiger partial charge in [0.25, 0.3) is 0 Å².